The number of benzene rings is 1. The Labute approximate surface area is 180 Å². The summed E-state index contributed by atoms with van der Waals surface area (Å²) in [4.78, 5) is 24.5. The summed E-state index contributed by atoms with van der Waals surface area (Å²) in [7, 11) is 0. The Morgan fingerprint density at radius 2 is 2.10 bits per heavy atom. The number of hydrogen-bond acceptors (Lipinski definition) is 6. The molecule has 0 aliphatic heterocycles. The van der Waals surface area contributed by atoms with E-state index in [2.05, 4.69) is 15.0 Å². The molecule has 29 heavy (non-hydrogen) atoms. The van der Waals surface area contributed by atoms with Gasteiger partial charge >= 0.3 is 11.8 Å². The van der Waals surface area contributed by atoms with E-state index < -0.39 is 29.1 Å². The second-order valence-electron chi connectivity index (χ2n) is 5.83. The summed E-state index contributed by atoms with van der Waals surface area (Å²) >= 11 is 8.02. The van der Waals surface area contributed by atoms with E-state index in [4.69, 9.17) is 21.8 Å². The Bertz CT molecular complexity index is 1220. The molecule has 3 rings (SSSR count). The largest absolute Gasteiger partial charge is 0.430 e. The highest BCUT2D eigenvalue weighted by Gasteiger charge is 2.32. The van der Waals surface area contributed by atoms with E-state index in [0.717, 1.165) is 3.57 Å². The molecule has 0 radical (unpaired) electrons. The topological polar surface area (TPSA) is 94.4 Å². The fraction of sp³-hybridized carbons (Fsp3) is 0.111. The maximum atomic E-state index is 13.0. The van der Waals surface area contributed by atoms with Crippen molar-refractivity contribution in [3.63, 3.8) is 0 Å². The number of pyridine rings is 1. The Balaban J connectivity index is 2.30. The molecule has 0 bridgehead atoms. The lowest BCUT2D eigenvalue weighted by Gasteiger charge is -2.08. The third-order valence-electron chi connectivity index (χ3n) is 3.69. The summed E-state index contributed by atoms with van der Waals surface area (Å²) in [5.74, 6) is -0.528. The number of aromatic nitrogens is 2. The van der Waals surface area contributed by atoms with Crippen LogP contribution in [0.15, 0.2) is 56.4 Å². The maximum Gasteiger partial charge on any atom is 0.430 e. The number of nitrogens with two attached hydrogens (primary N) is 1. The van der Waals surface area contributed by atoms with Crippen molar-refractivity contribution >= 4 is 56.6 Å². The lowest BCUT2D eigenvalue weighted by molar-refractivity contribution is -0.0925. The third-order valence-corrected chi connectivity index (χ3v) is 4.61. The molecular formula is C18H11ClF3IN4O2. The van der Waals surface area contributed by atoms with E-state index in [1.165, 1.54) is 18.3 Å². The van der Waals surface area contributed by atoms with Crippen molar-refractivity contribution in [1.29, 1.82) is 0 Å². The molecule has 11 heteroatoms. The van der Waals surface area contributed by atoms with Gasteiger partial charge in [-0.25, -0.2) is 19.8 Å². The normalized spacial score (nSPS) is 13.2. The number of alkyl halides is 3. The van der Waals surface area contributed by atoms with E-state index in [0.29, 0.717) is 11.6 Å². The van der Waals surface area contributed by atoms with Crippen LogP contribution in [-0.4, -0.2) is 21.9 Å². The number of nitrogens with zero attached hydrogens (tertiary/aromatic N) is 3. The van der Waals surface area contributed by atoms with Gasteiger partial charge < -0.3 is 10.2 Å². The van der Waals surface area contributed by atoms with Gasteiger partial charge in [-0.2, -0.15) is 13.2 Å². The molecule has 3 aromatic rings. The lowest BCUT2D eigenvalue weighted by Crippen LogP contribution is -2.21. The van der Waals surface area contributed by atoms with Crippen LogP contribution in [0.5, 0.6) is 0 Å². The number of aryl methyl sites for hydroxylation is 1. The smallest absolute Gasteiger partial charge is 0.401 e. The first-order chi connectivity index (χ1) is 13.6. The maximum absolute atomic E-state index is 13.0. The van der Waals surface area contributed by atoms with Crippen molar-refractivity contribution < 1.29 is 17.6 Å². The van der Waals surface area contributed by atoms with Crippen molar-refractivity contribution in [2.45, 2.75) is 13.1 Å². The standard InChI is InChI=1S/C18H11ClF3IN4O2/c1-8-5-9(23)6-10-14(8)27-16(29-17(10)28)12(7-13(24)18(20,21)22)26-15-11(19)3-2-4-25-15/h2-7H,24H2,1H3. The summed E-state index contributed by atoms with van der Waals surface area (Å²) in [6.07, 6.45) is -2.95. The van der Waals surface area contributed by atoms with Gasteiger partial charge in [0.1, 0.15) is 11.4 Å². The van der Waals surface area contributed by atoms with Crippen LogP contribution in [0.2, 0.25) is 5.02 Å². The van der Waals surface area contributed by atoms with Gasteiger partial charge in [0.2, 0.25) is 5.89 Å². The molecule has 0 amide bonds. The SMILES string of the molecule is Cc1cc(I)cc2c(=O)oc(C(C=C(N)C(F)(F)F)=Nc3ncccc3Cl)nc12. The summed E-state index contributed by atoms with van der Waals surface area (Å²) in [6.45, 7) is 1.72. The Kier molecular flexibility index (Phi) is 5.94. The summed E-state index contributed by atoms with van der Waals surface area (Å²) < 4.78 is 44.9. The fourth-order valence-electron chi connectivity index (χ4n) is 2.36. The first kappa shape index (κ1) is 21.2. The first-order valence-corrected chi connectivity index (χ1v) is 9.37. The molecule has 0 aliphatic rings. The zero-order valence-electron chi connectivity index (χ0n) is 14.6. The first-order valence-electron chi connectivity index (χ1n) is 7.91. The van der Waals surface area contributed by atoms with E-state index in [1.807, 2.05) is 22.6 Å². The molecule has 0 fully saturated rings. The van der Waals surface area contributed by atoms with Crippen molar-refractivity contribution in [2.24, 2.45) is 10.7 Å². The molecule has 0 spiro atoms. The molecule has 150 valence electrons. The minimum atomic E-state index is -4.82. The van der Waals surface area contributed by atoms with Gasteiger partial charge in [-0.1, -0.05) is 11.6 Å². The van der Waals surface area contributed by atoms with Crippen molar-refractivity contribution in [3.8, 4) is 0 Å². The molecular weight excluding hydrogens is 524 g/mol. The van der Waals surface area contributed by atoms with Crippen LogP contribution in [0.3, 0.4) is 0 Å². The van der Waals surface area contributed by atoms with Crippen LogP contribution in [0, 0.1) is 10.5 Å². The molecule has 0 atom stereocenters. The van der Waals surface area contributed by atoms with Crippen LogP contribution in [-0.2, 0) is 0 Å². The van der Waals surface area contributed by atoms with Gasteiger partial charge in [0.15, 0.2) is 5.82 Å². The molecule has 2 N–H and O–H groups in total. The van der Waals surface area contributed by atoms with E-state index in [1.54, 1.807) is 19.1 Å². The van der Waals surface area contributed by atoms with Gasteiger partial charge in [-0.05, 0) is 65.4 Å². The highest BCUT2D eigenvalue weighted by Crippen LogP contribution is 2.25. The number of halogens is 5. The quantitative estimate of drug-likeness (QED) is 0.389. The average Bonchev–Trinajstić information content (AvgIpc) is 2.62. The van der Waals surface area contributed by atoms with E-state index >= 15 is 0 Å². The number of fused-ring (bicyclic) bond motifs is 1. The van der Waals surface area contributed by atoms with Crippen LogP contribution in [0.25, 0.3) is 10.9 Å². The summed E-state index contributed by atoms with van der Waals surface area (Å²) in [5.41, 5.74) is 3.38. The highest BCUT2D eigenvalue weighted by atomic mass is 127. The molecule has 1 aromatic carbocycles. The summed E-state index contributed by atoms with van der Waals surface area (Å²) in [5, 5.41) is 0.277. The van der Waals surface area contributed by atoms with Gasteiger partial charge in [0, 0.05) is 9.77 Å². The van der Waals surface area contributed by atoms with Crippen molar-refractivity contribution in [3.05, 3.63) is 72.7 Å². The van der Waals surface area contributed by atoms with Gasteiger partial charge in [0.25, 0.3) is 0 Å². The second kappa shape index (κ2) is 8.11. The molecule has 0 saturated carbocycles. The molecule has 0 aliphatic carbocycles. The Hall–Kier alpha value is -2.47. The summed E-state index contributed by atoms with van der Waals surface area (Å²) in [6, 6.07) is 6.32. The monoisotopic (exact) mass is 534 g/mol. The predicted molar refractivity (Wildman–Crippen MR) is 112 cm³/mol. The Morgan fingerprint density at radius 3 is 2.76 bits per heavy atom. The average molecular weight is 535 g/mol. The molecule has 2 heterocycles. The highest BCUT2D eigenvalue weighted by molar-refractivity contribution is 14.1. The number of hydrogen-bond donors (Lipinski definition) is 1. The van der Waals surface area contributed by atoms with E-state index in [9.17, 15) is 18.0 Å². The predicted octanol–water partition coefficient (Wildman–Crippen LogP) is 4.68. The van der Waals surface area contributed by atoms with Gasteiger partial charge in [0.05, 0.1) is 15.9 Å². The number of rotatable bonds is 3. The number of aliphatic imine (C=N–C) groups is 1. The molecule has 6 nitrogen and oxygen atoms in total. The van der Waals surface area contributed by atoms with Crippen LogP contribution >= 0.6 is 34.2 Å². The minimum absolute atomic E-state index is 0.0813. The molecule has 0 saturated heterocycles. The zero-order valence-corrected chi connectivity index (χ0v) is 17.5. The minimum Gasteiger partial charge on any atom is -0.401 e. The second-order valence-corrected chi connectivity index (χ2v) is 7.48. The van der Waals surface area contributed by atoms with Gasteiger partial charge in [-0.3, -0.25) is 0 Å². The van der Waals surface area contributed by atoms with Crippen LogP contribution in [0.1, 0.15) is 11.5 Å². The fourth-order valence-corrected chi connectivity index (χ4v) is 3.30. The van der Waals surface area contributed by atoms with Crippen LogP contribution < -0.4 is 11.4 Å². The number of allylic oxidation sites excluding steroid dienone is 2. The molecule has 2 aromatic heterocycles. The van der Waals surface area contributed by atoms with Crippen LogP contribution in [0.4, 0.5) is 19.0 Å². The lowest BCUT2D eigenvalue weighted by atomic mass is 10.1. The van der Waals surface area contributed by atoms with Crippen molar-refractivity contribution in [1.82, 2.24) is 9.97 Å². The zero-order chi connectivity index (χ0) is 21.3. The van der Waals surface area contributed by atoms with Crippen molar-refractivity contribution in [2.75, 3.05) is 0 Å². The molecule has 0 unspecified atom stereocenters. The van der Waals surface area contributed by atoms with E-state index in [-0.39, 0.29) is 21.7 Å². The van der Waals surface area contributed by atoms with Gasteiger partial charge in [-0.15, -0.1) is 0 Å². The Morgan fingerprint density at radius 1 is 1.38 bits per heavy atom. The third kappa shape index (κ3) is 4.75.